The first-order valence-corrected chi connectivity index (χ1v) is 15.5. The molecule has 9 aromatic rings. The van der Waals surface area contributed by atoms with Crippen LogP contribution in [0, 0.1) is 0 Å². The average Bonchev–Trinajstić information content (AvgIpc) is 3.52. The molecule has 0 bridgehead atoms. The van der Waals surface area contributed by atoms with E-state index >= 15 is 0 Å². The number of thiazole rings is 1. The van der Waals surface area contributed by atoms with E-state index in [0.717, 1.165) is 16.1 Å². The minimum Gasteiger partial charge on any atom is -0.236 e. The second kappa shape index (κ2) is 9.62. The average molecular weight is 564 g/mol. The van der Waals surface area contributed by atoms with Crippen LogP contribution in [0.15, 0.2) is 152 Å². The Morgan fingerprint density at radius 2 is 0.907 bits per heavy atom. The Morgan fingerprint density at radius 3 is 1.56 bits per heavy atom. The summed E-state index contributed by atoms with van der Waals surface area (Å²) in [7, 11) is 0. The van der Waals surface area contributed by atoms with Crippen molar-refractivity contribution in [3.05, 3.63) is 152 Å². The normalized spacial score (nSPS) is 11.7. The quantitative estimate of drug-likeness (QED) is 0.154. The molecule has 1 heterocycles. The summed E-state index contributed by atoms with van der Waals surface area (Å²) in [6, 6.07) is 54.9. The highest BCUT2D eigenvalue weighted by Crippen LogP contribution is 2.45. The Kier molecular flexibility index (Phi) is 5.44. The van der Waals surface area contributed by atoms with Gasteiger partial charge in [0, 0.05) is 10.9 Å². The third-order valence-electron chi connectivity index (χ3n) is 8.66. The highest BCUT2D eigenvalue weighted by molar-refractivity contribution is 7.22. The molecule has 200 valence electrons. The Morgan fingerprint density at radius 1 is 0.395 bits per heavy atom. The predicted molar refractivity (Wildman–Crippen MR) is 186 cm³/mol. The molecule has 1 nitrogen and oxygen atoms in total. The summed E-state index contributed by atoms with van der Waals surface area (Å²) in [5.41, 5.74) is 7.27. The van der Waals surface area contributed by atoms with Crippen LogP contribution in [0.4, 0.5) is 0 Å². The van der Waals surface area contributed by atoms with Crippen LogP contribution in [0.5, 0.6) is 0 Å². The highest BCUT2D eigenvalue weighted by atomic mass is 32.1. The van der Waals surface area contributed by atoms with Gasteiger partial charge in [-0.15, -0.1) is 11.3 Å². The van der Waals surface area contributed by atoms with Gasteiger partial charge in [0.15, 0.2) is 0 Å². The van der Waals surface area contributed by atoms with Gasteiger partial charge in [-0.1, -0.05) is 140 Å². The van der Waals surface area contributed by atoms with E-state index in [1.165, 1.54) is 70.0 Å². The summed E-state index contributed by atoms with van der Waals surface area (Å²) in [5.74, 6) is 0. The maximum atomic E-state index is 5.06. The van der Waals surface area contributed by atoms with Gasteiger partial charge in [0.2, 0.25) is 0 Å². The summed E-state index contributed by atoms with van der Waals surface area (Å²) in [6.07, 6.45) is 0. The van der Waals surface area contributed by atoms with Crippen LogP contribution >= 0.6 is 11.3 Å². The molecule has 43 heavy (non-hydrogen) atoms. The van der Waals surface area contributed by atoms with Gasteiger partial charge in [-0.05, 0) is 72.1 Å². The lowest BCUT2D eigenvalue weighted by Gasteiger charge is -2.18. The lowest BCUT2D eigenvalue weighted by atomic mass is 9.85. The first-order chi connectivity index (χ1) is 21.3. The largest absolute Gasteiger partial charge is 0.236 e. The zero-order valence-electron chi connectivity index (χ0n) is 23.3. The van der Waals surface area contributed by atoms with Gasteiger partial charge in [0.1, 0.15) is 5.01 Å². The summed E-state index contributed by atoms with van der Waals surface area (Å²) in [5, 5.41) is 11.2. The molecule has 0 aliphatic rings. The molecule has 9 rings (SSSR count). The molecule has 2 heteroatoms. The summed E-state index contributed by atoms with van der Waals surface area (Å²) < 4.78 is 1.24. The molecule has 0 atom stereocenters. The third-order valence-corrected chi connectivity index (χ3v) is 9.80. The van der Waals surface area contributed by atoms with Crippen molar-refractivity contribution in [2.75, 3.05) is 0 Å². The van der Waals surface area contributed by atoms with E-state index in [1.54, 1.807) is 11.3 Å². The van der Waals surface area contributed by atoms with Gasteiger partial charge in [0.05, 0.1) is 10.2 Å². The molecule has 0 amide bonds. The Hall–Kier alpha value is -5.31. The molecular weight excluding hydrogens is 539 g/mol. The number of benzene rings is 8. The summed E-state index contributed by atoms with van der Waals surface area (Å²) in [4.78, 5) is 5.06. The monoisotopic (exact) mass is 563 g/mol. The van der Waals surface area contributed by atoms with Crippen molar-refractivity contribution in [2.45, 2.75) is 0 Å². The molecule has 0 radical (unpaired) electrons. The Bertz CT molecular complexity index is 2430. The second-order valence-electron chi connectivity index (χ2n) is 11.1. The molecule has 0 N–H and O–H groups in total. The fraction of sp³-hybridized carbons (Fsp3) is 0. The van der Waals surface area contributed by atoms with Crippen LogP contribution in [0.2, 0.25) is 0 Å². The molecule has 0 saturated carbocycles. The third kappa shape index (κ3) is 3.81. The van der Waals surface area contributed by atoms with Gasteiger partial charge in [0.25, 0.3) is 0 Å². The molecule has 0 saturated heterocycles. The van der Waals surface area contributed by atoms with Gasteiger partial charge in [-0.3, -0.25) is 0 Å². The van der Waals surface area contributed by atoms with Crippen molar-refractivity contribution in [3.63, 3.8) is 0 Å². The number of hydrogen-bond donors (Lipinski definition) is 0. The molecule has 1 aromatic heterocycles. The van der Waals surface area contributed by atoms with Crippen molar-refractivity contribution < 1.29 is 0 Å². The highest BCUT2D eigenvalue weighted by Gasteiger charge is 2.18. The van der Waals surface area contributed by atoms with E-state index in [-0.39, 0.29) is 0 Å². The van der Waals surface area contributed by atoms with Gasteiger partial charge < -0.3 is 0 Å². The molecule has 0 aliphatic carbocycles. The van der Waals surface area contributed by atoms with Crippen molar-refractivity contribution in [1.82, 2.24) is 4.98 Å². The maximum Gasteiger partial charge on any atom is 0.124 e. The number of fused-ring (bicyclic) bond motifs is 7. The summed E-state index contributed by atoms with van der Waals surface area (Å²) >= 11 is 1.79. The van der Waals surface area contributed by atoms with E-state index in [9.17, 15) is 0 Å². The minimum absolute atomic E-state index is 1.05. The first kappa shape index (κ1) is 24.3. The van der Waals surface area contributed by atoms with E-state index in [4.69, 9.17) is 4.98 Å². The van der Waals surface area contributed by atoms with Crippen LogP contribution in [0.25, 0.3) is 86.1 Å². The predicted octanol–water partition coefficient (Wildman–Crippen LogP) is 11.9. The number of rotatable bonds is 3. The molecule has 0 unspecified atom stereocenters. The van der Waals surface area contributed by atoms with Crippen LogP contribution in [-0.4, -0.2) is 4.98 Å². The molecule has 8 aromatic carbocycles. The SMILES string of the molecule is c1ccc(-c2nc3ccc4ccc5ccc(-c6c7ccccc7c(-c7ccccc7)c7ccccc67)cc5c4c3s2)cc1. The standard InChI is InChI=1S/C41H25NS/c1-3-11-27(12-4-1)37-31-15-7-9-17-33(31)38(34-18-10-8-16-32(34)37)30-22-20-26-19-21-28-23-24-36-40(39(28)35(26)25-30)43-41(42-36)29-13-5-2-6-14-29/h1-25H. The van der Waals surface area contributed by atoms with E-state index in [2.05, 4.69) is 152 Å². The Labute approximate surface area is 253 Å². The molecule has 0 spiro atoms. The Balaban J connectivity index is 1.37. The lowest BCUT2D eigenvalue weighted by Crippen LogP contribution is -1.91. The van der Waals surface area contributed by atoms with Crippen molar-refractivity contribution in [1.29, 1.82) is 0 Å². The van der Waals surface area contributed by atoms with Crippen LogP contribution < -0.4 is 0 Å². The summed E-state index contributed by atoms with van der Waals surface area (Å²) in [6.45, 7) is 0. The first-order valence-electron chi connectivity index (χ1n) is 14.6. The van der Waals surface area contributed by atoms with Crippen molar-refractivity contribution in [2.24, 2.45) is 0 Å². The number of aromatic nitrogens is 1. The topological polar surface area (TPSA) is 12.9 Å². The molecule has 0 fully saturated rings. The van der Waals surface area contributed by atoms with Crippen LogP contribution in [0.1, 0.15) is 0 Å². The van der Waals surface area contributed by atoms with E-state index in [1.807, 2.05) is 0 Å². The van der Waals surface area contributed by atoms with Gasteiger partial charge in [-0.25, -0.2) is 4.98 Å². The fourth-order valence-electron chi connectivity index (χ4n) is 6.74. The maximum absolute atomic E-state index is 5.06. The zero-order valence-corrected chi connectivity index (χ0v) is 24.1. The van der Waals surface area contributed by atoms with Crippen LogP contribution in [-0.2, 0) is 0 Å². The molecule has 0 aliphatic heterocycles. The number of nitrogens with zero attached hydrogens (tertiary/aromatic N) is 1. The number of hydrogen-bond acceptors (Lipinski definition) is 2. The van der Waals surface area contributed by atoms with Crippen molar-refractivity contribution >= 4 is 64.6 Å². The smallest absolute Gasteiger partial charge is 0.124 e. The van der Waals surface area contributed by atoms with Gasteiger partial charge in [-0.2, -0.15) is 0 Å². The van der Waals surface area contributed by atoms with E-state index < -0.39 is 0 Å². The minimum atomic E-state index is 1.05. The van der Waals surface area contributed by atoms with E-state index in [0.29, 0.717) is 0 Å². The fourth-order valence-corrected chi connectivity index (χ4v) is 7.88. The zero-order chi connectivity index (χ0) is 28.3. The second-order valence-corrected chi connectivity index (χ2v) is 12.1. The molecular formula is C41H25NS. The lowest BCUT2D eigenvalue weighted by molar-refractivity contribution is 1.48. The van der Waals surface area contributed by atoms with Crippen LogP contribution in [0.3, 0.4) is 0 Å². The van der Waals surface area contributed by atoms with Gasteiger partial charge >= 0.3 is 0 Å². The van der Waals surface area contributed by atoms with Crippen molar-refractivity contribution in [3.8, 4) is 32.8 Å².